The fourth-order valence-electron chi connectivity index (χ4n) is 4.69. The average molecular weight is 505 g/mol. The van der Waals surface area contributed by atoms with Crippen LogP contribution >= 0.6 is 0 Å². The molecule has 1 amide bonds. The lowest BCUT2D eigenvalue weighted by molar-refractivity contribution is -0.686. The van der Waals surface area contributed by atoms with E-state index in [0.29, 0.717) is 18.0 Å². The highest BCUT2D eigenvalue weighted by molar-refractivity contribution is 5.92. The lowest BCUT2D eigenvalue weighted by Crippen LogP contribution is -3.00. The Hall–Kier alpha value is -3.97. The molecule has 184 valence electrons. The van der Waals surface area contributed by atoms with E-state index in [1.54, 1.807) is 7.11 Å². The van der Waals surface area contributed by atoms with Crippen molar-refractivity contribution in [3.63, 3.8) is 0 Å². The second-order valence-electron chi connectivity index (χ2n) is 8.62. The number of ether oxygens (including phenoxy) is 4. The molecule has 0 aliphatic carbocycles. The van der Waals surface area contributed by atoms with Crippen LogP contribution in [0, 0.1) is 0 Å². The molecular weight excluding hydrogens is 480 g/mol. The fourth-order valence-corrected chi connectivity index (χ4v) is 4.69. The van der Waals surface area contributed by atoms with Crippen LogP contribution in [0.3, 0.4) is 0 Å². The van der Waals surface area contributed by atoms with Gasteiger partial charge in [0.25, 0.3) is 5.91 Å². The lowest BCUT2D eigenvalue weighted by Gasteiger charge is -2.18. The first kappa shape index (κ1) is 23.8. The smallest absolute Gasteiger partial charge is 0.258 e. The Bertz CT molecular complexity index is 1440. The Morgan fingerprint density at radius 3 is 2.67 bits per heavy atom. The van der Waals surface area contributed by atoms with Gasteiger partial charge in [-0.05, 0) is 40.8 Å². The van der Waals surface area contributed by atoms with Crippen molar-refractivity contribution in [2.45, 2.75) is 19.5 Å². The van der Waals surface area contributed by atoms with E-state index in [9.17, 15) is 4.79 Å². The first-order chi connectivity index (χ1) is 17.2. The summed E-state index contributed by atoms with van der Waals surface area (Å²) in [4.78, 5) is 12.5. The summed E-state index contributed by atoms with van der Waals surface area (Å²) in [6.45, 7) is 1.44. The molecule has 1 aromatic heterocycles. The minimum Gasteiger partial charge on any atom is -1.00 e. The molecule has 8 heteroatoms. The monoisotopic (exact) mass is 504 g/mol. The molecule has 1 N–H and O–H groups in total. The Kier molecular flexibility index (Phi) is 6.57. The number of hydrogen-bond donors (Lipinski definition) is 1. The molecule has 2 aliphatic rings. The van der Waals surface area contributed by atoms with Crippen molar-refractivity contribution in [2.75, 3.05) is 20.5 Å². The van der Waals surface area contributed by atoms with Crippen LogP contribution < -0.4 is 41.2 Å². The number of halogens is 1. The van der Waals surface area contributed by atoms with Crippen molar-refractivity contribution in [3.05, 3.63) is 78.0 Å². The molecular formula is C28H25ClN2O5. The Balaban J connectivity index is 0.00000267. The first-order valence-corrected chi connectivity index (χ1v) is 11.6. The van der Waals surface area contributed by atoms with E-state index in [1.165, 1.54) is 5.56 Å². The number of nitrogens with zero attached hydrogens (tertiary/aromatic N) is 1. The summed E-state index contributed by atoms with van der Waals surface area (Å²) in [7, 11) is 1.61. The van der Waals surface area contributed by atoms with Gasteiger partial charge in [0.1, 0.15) is 0 Å². The lowest BCUT2D eigenvalue weighted by atomic mass is 9.95. The van der Waals surface area contributed by atoms with Crippen LogP contribution in [-0.4, -0.2) is 26.4 Å². The number of aryl methyl sites for hydroxylation is 2. The molecule has 36 heavy (non-hydrogen) atoms. The van der Waals surface area contributed by atoms with Crippen molar-refractivity contribution in [1.82, 2.24) is 5.32 Å². The minimum absolute atomic E-state index is 0. The largest absolute Gasteiger partial charge is 1.00 e. The van der Waals surface area contributed by atoms with E-state index in [1.807, 2.05) is 42.5 Å². The van der Waals surface area contributed by atoms with Gasteiger partial charge < -0.3 is 36.7 Å². The molecule has 2 aliphatic heterocycles. The Labute approximate surface area is 215 Å². The highest BCUT2D eigenvalue weighted by atomic mass is 35.5. The Morgan fingerprint density at radius 1 is 1.06 bits per heavy atom. The van der Waals surface area contributed by atoms with Gasteiger partial charge in [-0.1, -0.05) is 30.3 Å². The zero-order valence-electron chi connectivity index (χ0n) is 19.8. The van der Waals surface area contributed by atoms with Gasteiger partial charge >= 0.3 is 0 Å². The maximum Gasteiger partial charge on any atom is 0.258 e. The maximum absolute atomic E-state index is 12.5. The second kappa shape index (κ2) is 9.95. The van der Waals surface area contributed by atoms with Gasteiger partial charge in [0.05, 0.1) is 18.1 Å². The predicted molar refractivity (Wildman–Crippen MR) is 130 cm³/mol. The molecule has 0 spiro atoms. The van der Waals surface area contributed by atoms with E-state index in [4.69, 9.17) is 18.9 Å². The number of amides is 1. The standard InChI is InChI=1S/C28H24N2O5.ClH/c1-32-24-8-7-19-11-23-21-13-26-25(34-17-35-26)12-20(21)9-10-30(23)15-22(19)28(24)33-16-27(31)29-14-18-5-3-2-4-6-18;/h2-8,11-13,15H,9-10,14,16-17H2,1H3;1H. The zero-order chi connectivity index (χ0) is 23.8. The number of hydrogen-bond acceptors (Lipinski definition) is 5. The van der Waals surface area contributed by atoms with Crippen LogP contribution in [0.25, 0.3) is 22.0 Å². The topological polar surface area (TPSA) is 69.9 Å². The van der Waals surface area contributed by atoms with Gasteiger partial charge in [-0.2, -0.15) is 4.57 Å². The van der Waals surface area contributed by atoms with Crippen LogP contribution in [0.2, 0.25) is 0 Å². The van der Waals surface area contributed by atoms with Crippen molar-refractivity contribution < 1.29 is 40.7 Å². The number of rotatable bonds is 6. The van der Waals surface area contributed by atoms with Crippen molar-refractivity contribution in [1.29, 1.82) is 0 Å². The maximum atomic E-state index is 12.5. The van der Waals surface area contributed by atoms with Crippen LogP contribution in [-0.2, 0) is 24.3 Å². The third-order valence-corrected chi connectivity index (χ3v) is 6.48. The number of methoxy groups -OCH3 is 1. The molecule has 3 heterocycles. The molecule has 3 aromatic carbocycles. The van der Waals surface area contributed by atoms with E-state index in [2.05, 4.69) is 34.3 Å². The normalized spacial score (nSPS) is 12.8. The molecule has 0 saturated heterocycles. The summed E-state index contributed by atoms with van der Waals surface area (Å²) in [6.07, 6.45) is 2.97. The number of carbonyl (C=O) groups excluding carboxylic acids is 1. The number of aromatic nitrogens is 1. The van der Waals surface area contributed by atoms with Crippen LogP contribution in [0.1, 0.15) is 11.1 Å². The number of carbonyl (C=O) groups is 1. The molecule has 0 saturated carbocycles. The molecule has 6 rings (SSSR count). The van der Waals surface area contributed by atoms with E-state index in [-0.39, 0.29) is 31.7 Å². The summed E-state index contributed by atoms with van der Waals surface area (Å²) < 4.78 is 25.0. The predicted octanol–water partition coefficient (Wildman–Crippen LogP) is 0.787. The molecule has 0 unspecified atom stereocenters. The van der Waals surface area contributed by atoms with Gasteiger partial charge in [-0.15, -0.1) is 0 Å². The van der Waals surface area contributed by atoms with Crippen molar-refractivity contribution in [3.8, 4) is 34.3 Å². The molecule has 7 nitrogen and oxygen atoms in total. The highest BCUT2D eigenvalue weighted by Gasteiger charge is 2.28. The van der Waals surface area contributed by atoms with Gasteiger partial charge in [0.2, 0.25) is 12.5 Å². The van der Waals surface area contributed by atoms with Gasteiger partial charge in [-0.25, -0.2) is 0 Å². The quantitative estimate of drug-likeness (QED) is 0.393. The summed E-state index contributed by atoms with van der Waals surface area (Å²) in [5.41, 5.74) is 4.53. The summed E-state index contributed by atoms with van der Waals surface area (Å²) >= 11 is 0. The number of nitrogens with one attached hydrogen (secondary N) is 1. The first-order valence-electron chi connectivity index (χ1n) is 11.6. The van der Waals surface area contributed by atoms with E-state index >= 15 is 0 Å². The highest BCUT2D eigenvalue weighted by Crippen LogP contribution is 2.41. The van der Waals surface area contributed by atoms with E-state index in [0.717, 1.165) is 52.1 Å². The minimum atomic E-state index is -0.191. The fraction of sp³-hybridized carbons (Fsp3) is 0.214. The van der Waals surface area contributed by atoms with Crippen LogP contribution in [0.5, 0.6) is 23.0 Å². The van der Waals surface area contributed by atoms with Crippen LogP contribution in [0.15, 0.2) is 66.9 Å². The molecule has 0 atom stereocenters. The van der Waals surface area contributed by atoms with Gasteiger partial charge in [0, 0.05) is 19.0 Å². The molecule has 0 fully saturated rings. The van der Waals surface area contributed by atoms with Gasteiger partial charge in [0.15, 0.2) is 42.3 Å². The number of pyridine rings is 1. The van der Waals surface area contributed by atoms with E-state index < -0.39 is 0 Å². The Morgan fingerprint density at radius 2 is 1.86 bits per heavy atom. The zero-order valence-corrected chi connectivity index (χ0v) is 20.5. The molecule has 0 bridgehead atoms. The summed E-state index contributed by atoms with van der Waals surface area (Å²) in [5.74, 6) is 2.55. The van der Waals surface area contributed by atoms with Crippen LogP contribution in [0.4, 0.5) is 0 Å². The van der Waals surface area contributed by atoms with Crippen molar-refractivity contribution in [2.24, 2.45) is 0 Å². The number of benzene rings is 3. The second-order valence-corrected chi connectivity index (χ2v) is 8.62. The SMILES string of the molecule is COc1ccc2cc3[n+](cc2c1OCC(=O)NCc1ccccc1)CCc1cc2c(cc1-3)OCO2.[Cl-]. The summed E-state index contributed by atoms with van der Waals surface area (Å²) in [6, 6.07) is 20.0. The van der Waals surface area contributed by atoms with Crippen molar-refractivity contribution >= 4 is 16.7 Å². The summed E-state index contributed by atoms with van der Waals surface area (Å²) in [5, 5.41) is 4.80. The molecule has 4 aromatic rings. The third-order valence-electron chi connectivity index (χ3n) is 6.48. The number of fused-ring (bicyclic) bond motifs is 5. The molecule has 0 radical (unpaired) electrons. The average Bonchev–Trinajstić information content (AvgIpc) is 3.36. The third kappa shape index (κ3) is 4.38. The van der Waals surface area contributed by atoms with Gasteiger partial charge in [-0.3, -0.25) is 4.79 Å².